The summed E-state index contributed by atoms with van der Waals surface area (Å²) in [6.07, 6.45) is 1.71. The number of nitrogens with zero attached hydrogens (tertiary/aromatic N) is 1. The number of ketones is 2. The SMILES string of the molecule is CCCCC(Cc1c(C)c(OCc2ccccc2)c2c(c1F)C[C@H]1C[C@H]3[C@H](N)c4onc(OCc5ccccc5)c4C(=O)[C@@]3(O[Si](C)(C)C(C)(C)C)C(O)=C1C2=O)C(=O)O. The second kappa shape index (κ2) is 16.4. The van der Waals surface area contributed by atoms with Gasteiger partial charge in [0, 0.05) is 17.1 Å². The number of aliphatic hydroxyl groups excluding tert-OH is 1. The van der Waals surface area contributed by atoms with Gasteiger partial charge in [-0.1, -0.05) is 101 Å². The van der Waals surface area contributed by atoms with Crippen LogP contribution in [0.15, 0.2) is 76.5 Å². The summed E-state index contributed by atoms with van der Waals surface area (Å²) in [6, 6.07) is 17.6. The Bertz CT molecular complexity index is 2340. The van der Waals surface area contributed by atoms with Crippen LogP contribution in [0.25, 0.3) is 0 Å². The van der Waals surface area contributed by atoms with Gasteiger partial charge in [0.1, 0.15) is 36.1 Å². The molecule has 0 saturated heterocycles. The van der Waals surface area contributed by atoms with Gasteiger partial charge >= 0.3 is 5.97 Å². The van der Waals surface area contributed by atoms with E-state index >= 15 is 14.0 Å². The lowest BCUT2D eigenvalue weighted by Crippen LogP contribution is -2.64. The van der Waals surface area contributed by atoms with Crippen molar-refractivity contribution in [1.82, 2.24) is 5.16 Å². The number of ether oxygens (including phenoxy) is 2. The number of carboxylic acids is 1. The normalized spacial score (nSPS) is 21.8. The summed E-state index contributed by atoms with van der Waals surface area (Å²) in [4.78, 5) is 43.1. The van der Waals surface area contributed by atoms with Gasteiger partial charge in [0.25, 0.3) is 5.88 Å². The minimum absolute atomic E-state index is 0.0367. The minimum atomic E-state index is -2.99. The number of halogens is 1. The number of carbonyl (C=O) groups is 3. The van der Waals surface area contributed by atoms with E-state index in [0.29, 0.717) is 18.4 Å². The largest absolute Gasteiger partial charge is 0.508 e. The fraction of sp³-hybridized carbons (Fsp3) is 0.447. The Labute approximate surface area is 351 Å². The number of aliphatic carboxylic acids is 1. The fourth-order valence-corrected chi connectivity index (χ4v) is 10.3. The van der Waals surface area contributed by atoms with Gasteiger partial charge in [-0.05, 0) is 84.1 Å². The minimum Gasteiger partial charge on any atom is -0.508 e. The Morgan fingerprint density at radius 2 is 1.65 bits per heavy atom. The monoisotopic (exact) mass is 838 g/mol. The van der Waals surface area contributed by atoms with Gasteiger partial charge in [0.15, 0.2) is 25.5 Å². The van der Waals surface area contributed by atoms with E-state index in [1.807, 2.05) is 101 Å². The van der Waals surface area contributed by atoms with Crippen LogP contribution in [0.2, 0.25) is 18.1 Å². The molecule has 1 heterocycles. The van der Waals surface area contributed by atoms with Gasteiger partial charge in [-0.2, -0.15) is 0 Å². The maximum absolute atomic E-state index is 17.2. The summed E-state index contributed by atoms with van der Waals surface area (Å²) in [5, 5.41) is 26.7. The standard InChI is InChI=1S/C47H55FN2O9Si/c1-8-9-20-29(45(54)55)21-31-26(2)40(56-24-27-16-12-10-13-17-27)35-32(37(31)48)22-30-23-33-38(49)41-36(44(50-58-41)57-25-28-18-14-11-15-19-28)43(53)47(33,42(52)34(30)39(35)51)59-60(6,7)46(3,4)5/h10-19,29-30,33,38,52H,8-9,20-25,49H2,1-7H3,(H,54,55)/t29?,30-,33-,38-,47-/m0/s1. The summed E-state index contributed by atoms with van der Waals surface area (Å²) in [5.41, 5.74) is 6.92. The number of fused-ring (bicyclic) bond motifs is 4. The third-order valence-corrected chi connectivity index (χ3v) is 17.7. The van der Waals surface area contributed by atoms with E-state index in [1.165, 1.54) is 0 Å². The molecular formula is C47H55FN2O9Si. The number of unbranched alkanes of at least 4 members (excludes halogenated alkanes) is 1. The Balaban J connectivity index is 1.40. The lowest BCUT2D eigenvalue weighted by molar-refractivity contribution is -0.142. The van der Waals surface area contributed by atoms with Crippen molar-refractivity contribution in [3.05, 3.63) is 123 Å². The van der Waals surface area contributed by atoms with Crippen molar-refractivity contribution in [1.29, 1.82) is 0 Å². The number of allylic oxidation sites excluding steroid dienone is 1. The average molecular weight is 839 g/mol. The molecule has 0 aliphatic heterocycles. The lowest BCUT2D eigenvalue weighted by Gasteiger charge is -2.53. The van der Waals surface area contributed by atoms with E-state index in [4.69, 9.17) is 24.2 Å². The van der Waals surface area contributed by atoms with Crippen LogP contribution in [0.5, 0.6) is 11.6 Å². The molecule has 318 valence electrons. The number of aromatic nitrogens is 1. The van der Waals surface area contributed by atoms with Gasteiger partial charge in [0.2, 0.25) is 5.78 Å². The van der Waals surface area contributed by atoms with Crippen molar-refractivity contribution in [3.8, 4) is 11.6 Å². The molecule has 4 N–H and O–H groups in total. The van der Waals surface area contributed by atoms with E-state index in [9.17, 15) is 15.0 Å². The first-order chi connectivity index (χ1) is 28.4. The topological polar surface area (TPSA) is 171 Å². The lowest BCUT2D eigenvalue weighted by atomic mass is 9.59. The first-order valence-corrected chi connectivity index (χ1v) is 23.7. The van der Waals surface area contributed by atoms with Crippen molar-refractivity contribution in [2.75, 3.05) is 0 Å². The number of rotatable bonds is 14. The molecule has 13 heteroatoms. The number of hydrogen-bond acceptors (Lipinski definition) is 10. The summed E-state index contributed by atoms with van der Waals surface area (Å²) < 4.78 is 42.6. The molecule has 0 amide bonds. The van der Waals surface area contributed by atoms with E-state index in [-0.39, 0.29) is 77.7 Å². The van der Waals surface area contributed by atoms with E-state index in [2.05, 4.69) is 5.16 Å². The quantitative estimate of drug-likeness (QED) is 0.103. The fourth-order valence-electron chi connectivity index (χ4n) is 8.85. The molecular weight excluding hydrogens is 784 g/mol. The molecule has 60 heavy (non-hydrogen) atoms. The molecule has 0 fully saturated rings. The Kier molecular flexibility index (Phi) is 11.7. The number of carbonyl (C=O) groups excluding carboxylic acids is 2. The molecule has 0 spiro atoms. The number of Topliss-reactive ketones (excluding diaryl/α,β-unsaturated/α-hetero) is 2. The predicted molar refractivity (Wildman–Crippen MR) is 225 cm³/mol. The smallest absolute Gasteiger partial charge is 0.306 e. The first-order valence-electron chi connectivity index (χ1n) is 20.8. The van der Waals surface area contributed by atoms with E-state index < -0.39 is 71.9 Å². The van der Waals surface area contributed by atoms with Gasteiger partial charge in [-0.3, -0.25) is 14.4 Å². The van der Waals surface area contributed by atoms with Gasteiger partial charge in [-0.25, -0.2) is 4.39 Å². The van der Waals surface area contributed by atoms with Crippen molar-refractivity contribution >= 4 is 25.9 Å². The second-order valence-electron chi connectivity index (χ2n) is 18.0. The predicted octanol–water partition coefficient (Wildman–Crippen LogP) is 9.56. The molecule has 0 radical (unpaired) electrons. The highest BCUT2D eigenvalue weighted by Crippen LogP contribution is 2.58. The van der Waals surface area contributed by atoms with Crippen LogP contribution in [0, 0.1) is 30.5 Å². The Morgan fingerprint density at radius 3 is 2.23 bits per heavy atom. The summed E-state index contributed by atoms with van der Waals surface area (Å²) in [7, 11) is -2.99. The van der Waals surface area contributed by atoms with Crippen LogP contribution in [-0.2, 0) is 35.3 Å². The number of carboxylic acid groups (broad SMARTS) is 1. The number of benzene rings is 3. The molecule has 1 aromatic heterocycles. The zero-order chi connectivity index (χ0) is 43.3. The molecule has 11 nitrogen and oxygen atoms in total. The van der Waals surface area contributed by atoms with Crippen molar-refractivity contribution in [2.45, 2.75) is 116 Å². The molecule has 1 unspecified atom stereocenters. The number of hydrogen-bond donors (Lipinski definition) is 3. The van der Waals surface area contributed by atoms with Gasteiger partial charge in [-0.15, -0.1) is 0 Å². The van der Waals surface area contributed by atoms with Gasteiger partial charge in [0.05, 0.1) is 17.5 Å². The van der Waals surface area contributed by atoms with Crippen LogP contribution in [-0.4, -0.2) is 46.8 Å². The van der Waals surface area contributed by atoms with Crippen molar-refractivity contribution in [2.24, 2.45) is 23.5 Å². The zero-order valence-corrected chi connectivity index (χ0v) is 36.4. The van der Waals surface area contributed by atoms with Crippen LogP contribution < -0.4 is 15.2 Å². The summed E-state index contributed by atoms with van der Waals surface area (Å²) >= 11 is 0. The van der Waals surface area contributed by atoms with Crippen LogP contribution in [0.3, 0.4) is 0 Å². The molecule has 7 rings (SSSR count). The van der Waals surface area contributed by atoms with Crippen LogP contribution in [0.1, 0.15) is 114 Å². The van der Waals surface area contributed by atoms with Crippen LogP contribution in [0.4, 0.5) is 4.39 Å². The Morgan fingerprint density at radius 1 is 1.03 bits per heavy atom. The number of nitrogens with two attached hydrogens (primary N) is 1. The highest BCUT2D eigenvalue weighted by Gasteiger charge is 2.66. The second-order valence-corrected chi connectivity index (χ2v) is 22.8. The molecule has 4 aromatic rings. The molecule has 5 atom stereocenters. The van der Waals surface area contributed by atoms with E-state index in [1.54, 1.807) is 6.92 Å². The van der Waals surface area contributed by atoms with Gasteiger partial charge < -0.3 is 34.4 Å². The van der Waals surface area contributed by atoms with Crippen molar-refractivity contribution in [3.63, 3.8) is 0 Å². The third-order valence-electron chi connectivity index (χ3n) is 13.2. The molecule has 0 bridgehead atoms. The molecule has 3 aromatic carbocycles. The maximum atomic E-state index is 17.2. The van der Waals surface area contributed by atoms with Crippen molar-refractivity contribution < 1.29 is 47.4 Å². The summed E-state index contributed by atoms with van der Waals surface area (Å²) in [5.74, 6) is -6.13. The molecule has 3 aliphatic carbocycles. The maximum Gasteiger partial charge on any atom is 0.306 e. The molecule has 0 saturated carbocycles. The summed E-state index contributed by atoms with van der Waals surface area (Å²) in [6.45, 7) is 13.6. The van der Waals surface area contributed by atoms with E-state index in [0.717, 1.165) is 17.5 Å². The zero-order valence-electron chi connectivity index (χ0n) is 35.4. The molecule has 3 aliphatic rings. The first kappa shape index (κ1) is 43.0. The Hall–Kier alpha value is -5.11. The highest BCUT2D eigenvalue weighted by molar-refractivity contribution is 6.74. The average Bonchev–Trinajstić information content (AvgIpc) is 3.64. The third kappa shape index (κ3) is 7.38. The van der Waals surface area contributed by atoms with Crippen LogP contribution >= 0.6 is 0 Å². The number of aliphatic hydroxyl groups is 1. The highest BCUT2D eigenvalue weighted by atomic mass is 28.4.